The van der Waals surface area contributed by atoms with Gasteiger partial charge in [0.1, 0.15) is 16.4 Å². The number of nitrogens with zero attached hydrogens (tertiary/aromatic N) is 2. The van der Waals surface area contributed by atoms with Crippen molar-refractivity contribution in [3.63, 3.8) is 0 Å². The van der Waals surface area contributed by atoms with Crippen LogP contribution in [0.15, 0.2) is 56.5 Å². The maximum atomic E-state index is 11.5. The van der Waals surface area contributed by atoms with Gasteiger partial charge in [0.2, 0.25) is 0 Å². The normalized spacial score (nSPS) is 11.0. The maximum absolute atomic E-state index is 11.5. The zero-order chi connectivity index (χ0) is 17.4. The quantitative estimate of drug-likeness (QED) is 0.441. The van der Waals surface area contributed by atoms with Gasteiger partial charge in [-0.25, -0.2) is 5.43 Å². The summed E-state index contributed by atoms with van der Waals surface area (Å²) in [6.45, 7) is -0.179. The van der Waals surface area contributed by atoms with Crippen LogP contribution in [-0.2, 0) is 4.79 Å². The topological polar surface area (TPSA) is 107 Å². The molecule has 8 nitrogen and oxygen atoms in total. The van der Waals surface area contributed by atoms with E-state index >= 15 is 0 Å². The van der Waals surface area contributed by atoms with Crippen molar-refractivity contribution in [3.8, 4) is 5.75 Å². The van der Waals surface area contributed by atoms with Crippen LogP contribution in [0.1, 0.15) is 5.76 Å². The third-order valence-corrected chi connectivity index (χ3v) is 3.06. The summed E-state index contributed by atoms with van der Waals surface area (Å²) in [5, 5.41) is 14.1. The van der Waals surface area contributed by atoms with Gasteiger partial charge in [0.05, 0.1) is 6.07 Å². The fourth-order valence-electron chi connectivity index (χ4n) is 1.56. The molecular formula is C15H12BrN3O5. The first-order valence-electron chi connectivity index (χ1n) is 6.66. The monoisotopic (exact) mass is 393 g/mol. The van der Waals surface area contributed by atoms with E-state index in [2.05, 4.69) is 26.5 Å². The van der Waals surface area contributed by atoms with E-state index in [0.717, 1.165) is 4.47 Å². The van der Waals surface area contributed by atoms with Gasteiger partial charge in [0, 0.05) is 10.7 Å². The van der Waals surface area contributed by atoms with E-state index in [0.29, 0.717) is 11.5 Å². The molecule has 0 bridgehead atoms. The van der Waals surface area contributed by atoms with Crippen LogP contribution in [0, 0.1) is 10.1 Å². The van der Waals surface area contributed by atoms with E-state index in [1.54, 1.807) is 18.2 Å². The van der Waals surface area contributed by atoms with Gasteiger partial charge in [0.15, 0.2) is 6.61 Å². The largest absolute Gasteiger partial charge is 0.484 e. The minimum absolute atomic E-state index is 0.179. The van der Waals surface area contributed by atoms with E-state index in [9.17, 15) is 14.9 Å². The average molecular weight is 394 g/mol. The molecule has 2 rings (SSSR count). The number of hydrogen-bond acceptors (Lipinski definition) is 6. The Bertz CT molecular complexity index is 785. The Balaban J connectivity index is 1.73. The van der Waals surface area contributed by atoms with Crippen molar-refractivity contribution in [2.45, 2.75) is 0 Å². The number of nitro groups is 1. The Morgan fingerprint density at radius 2 is 2.25 bits per heavy atom. The maximum Gasteiger partial charge on any atom is 0.433 e. The molecule has 9 heteroatoms. The SMILES string of the molecule is O=C(COc1cccc(Br)c1)N/N=C/C=C/c1ccc([N+](=O)[O-])o1. The molecule has 0 aliphatic heterocycles. The van der Waals surface area contributed by atoms with Crippen molar-refractivity contribution >= 4 is 40.0 Å². The Labute approximate surface area is 145 Å². The lowest BCUT2D eigenvalue weighted by Crippen LogP contribution is -2.24. The van der Waals surface area contributed by atoms with E-state index in [1.807, 2.05) is 6.07 Å². The second-order valence-corrected chi connectivity index (χ2v) is 5.27. The highest BCUT2D eigenvalue weighted by atomic mass is 79.9. The number of benzene rings is 1. The number of furan rings is 1. The summed E-state index contributed by atoms with van der Waals surface area (Å²) in [6.07, 6.45) is 4.25. The van der Waals surface area contributed by atoms with Crippen LogP contribution in [0.25, 0.3) is 6.08 Å². The van der Waals surface area contributed by atoms with Crippen molar-refractivity contribution in [1.82, 2.24) is 5.43 Å². The number of ether oxygens (including phenoxy) is 1. The van der Waals surface area contributed by atoms with Gasteiger partial charge in [-0.3, -0.25) is 14.9 Å². The van der Waals surface area contributed by atoms with Crippen molar-refractivity contribution in [2.75, 3.05) is 6.61 Å². The zero-order valence-corrected chi connectivity index (χ0v) is 13.8. The van der Waals surface area contributed by atoms with Gasteiger partial charge >= 0.3 is 5.88 Å². The summed E-state index contributed by atoms with van der Waals surface area (Å²) < 4.78 is 11.0. The summed E-state index contributed by atoms with van der Waals surface area (Å²) in [5.74, 6) is 0.0955. The lowest BCUT2D eigenvalue weighted by atomic mass is 10.3. The van der Waals surface area contributed by atoms with Gasteiger partial charge in [-0.15, -0.1) is 0 Å². The minimum atomic E-state index is -0.628. The minimum Gasteiger partial charge on any atom is -0.484 e. The number of carbonyl (C=O) groups is 1. The van der Waals surface area contributed by atoms with Crippen LogP contribution in [0.3, 0.4) is 0 Å². The number of hydrogen-bond donors (Lipinski definition) is 1. The molecular weight excluding hydrogens is 382 g/mol. The summed E-state index contributed by atoms with van der Waals surface area (Å²) in [7, 11) is 0. The van der Waals surface area contributed by atoms with Crippen LogP contribution in [0.2, 0.25) is 0 Å². The first kappa shape index (κ1) is 17.4. The molecule has 124 valence electrons. The molecule has 0 spiro atoms. The molecule has 24 heavy (non-hydrogen) atoms. The zero-order valence-electron chi connectivity index (χ0n) is 12.2. The van der Waals surface area contributed by atoms with Gasteiger partial charge in [-0.05, 0) is 36.4 Å². The molecule has 0 saturated carbocycles. The Morgan fingerprint density at radius 3 is 2.96 bits per heavy atom. The lowest BCUT2D eigenvalue weighted by Gasteiger charge is -2.04. The fourth-order valence-corrected chi connectivity index (χ4v) is 1.94. The average Bonchev–Trinajstić information content (AvgIpc) is 3.02. The molecule has 0 radical (unpaired) electrons. The van der Waals surface area contributed by atoms with E-state index in [1.165, 1.54) is 30.5 Å². The Morgan fingerprint density at radius 1 is 1.42 bits per heavy atom. The highest BCUT2D eigenvalue weighted by Crippen LogP contribution is 2.17. The number of carbonyl (C=O) groups excluding carboxylic acids is 1. The van der Waals surface area contributed by atoms with E-state index < -0.39 is 10.8 Å². The summed E-state index contributed by atoms with van der Waals surface area (Å²) in [6, 6.07) is 9.80. The molecule has 0 aliphatic rings. The number of amides is 1. The molecule has 0 atom stereocenters. The highest BCUT2D eigenvalue weighted by Gasteiger charge is 2.09. The molecule has 0 aliphatic carbocycles. The lowest BCUT2D eigenvalue weighted by molar-refractivity contribution is -0.402. The fraction of sp³-hybridized carbons (Fsp3) is 0.0667. The number of rotatable bonds is 7. The number of halogens is 1. The molecule has 1 amide bonds. The van der Waals surface area contributed by atoms with Crippen molar-refractivity contribution in [1.29, 1.82) is 0 Å². The molecule has 1 heterocycles. The highest BCUT2D eigenvalue weighted by molar-refractivity contribution is 9.10. The third-order valence-electron chi connectivity index (χ3n) is 2.57. The van der Waals surface area contributed by atoms with Crippen molar-refractivity contribution < 1.29 is 18.9 Å². The molecule has 0 saturated heterocycles. The van der Waals surface area contributed by atoms with Gasteiger partial charge in [-0.1, -0.05) is 22.0 Å². The van der Waals surface area contributed by atoms with Gasteiger partial charge in [-0.2, -0.15) is 5.10 Å². The van der Waals surface area contributed by atoms with Crippen LogP contribution in [-0.4, -0.2) is 23.7 Å². The molecule has 0 unspecified atom stereocenters. The summed E-state index contributed by atoms with van der Waals surface area (Å²) in [5.41, 5.74) is 2.28. The summed E-state index contributed by atoms with van der Waals surface area (Å²) in [4.78, 5) is 21.4. The molecule has 1 aromatic carbocycles. The Kier molecular flexibility index (Phi) is 6.26. The van der Waals surface area contributed by atoms with Gasteiger partial charge < -0.3 is 9.15 Å². The van der Waals surface area contributed by atoms with Crippen LogP contribution in [0.4, 0.5) is 5.88 Å². The standard InChI is InChI=1S/C15H12BrN3O5/c16-11-3-1-4-13(9-11)23-10-14(20)18-17-8-2-5-12-6-7-15(24-12)19(21)22/h1-9H,10H2,(H,18,20)/b5-2+,17-8+. The van der Waals surface area contributed by atoms with Crippen LogP contribution in [0.5, 0.6) is 5.75 Å². The van der Waals surface area contributed by atoms with E-state index in [4.69, 9.17) is 9.15 Å². The van der Waals surface area contributed by atoms with E-state index in [-0.39, 0.29) is 12.5 Å². The van der Waals surface area contributed by atoms with Gasteiger partial charge in [0.25, 0.3) is 5.91 Å². The first-order valence-corrected chi connectivity index (χ1v) is 7.45. The second kappa shape index (κ2) is 8.63. The second-order valence-electron chi connectivity index (χ2n) is 4.35. The summed E-state index contributed by atoms with van der Waals surface area (Å²) >= 11 is 3.30. The third kappa shape index (κ3) is 5.69. The molecule has 1 aromatic heterocycles. The van der Waals surface area contributed by atoms with Crippen molar-refractivity contribution in [3.05, 3.63) is 62.8 Å². The molecule has 1 N–H and O–H groups in total. The number of hydrazone groups is 1. The number of allylic oxidation sites excluding steroid dienone is 1. The number of nitrogens with one attached hydrogen (secondary N) is 1. The molecule has 0 fully saturated rings. The molecule has 2 aromatic rings. The van der Waals surface area contributed by atoms with Crippen molar-refractivity contribution in [2.24, 2.45) is 5.10 Å². The first-order chi connectivity index (χ1) is 11.5. The predicted octanol–water partition coefficient (Wildman–Crippen LogP) is 3.14. The van der Waals surface area contributed by atoms with Crippen LogP contribution >= 0.6 is 15.9 Å². The smallest absolute Gasteiger partial charge is 0.433 e. The Hall–Kier alpha value is -2.94. The van der Waals surface area contributed by atoms with Crippen LogP contribution < -0.4 is 10.2 Å². The predicted molar refractivity (Wildman–Crippen MR) is 90.7 cm³/mol.